The fourth-order valence-corrected chi connectivity index (χ4v) is 8.14. The summed E-state index contributed by atoms with van der Waals surface area (Å²) in [6, 6.07) is 29.1. The first-order valence-electron chi connectivity index (χ1n) is 19.5. The van der Waals surface area contributed by atoms with E-state index in [4.69, 9.17) is 9.97 Å². The molecular formula is C48H48F2N4O3. The third kappa shape index (κ3) is 7.88. The summed E-state index contributed by atoms with van der Waals surface area (Å²) in [5.41, 5.74) is 14.9. The predicted molar refractivity (Wildman–Crippen MR) is 221 cm³/mol. The highest BCUT2D eigenvalue weighted by Crippen LogP contribution is 2.42. The number of halogens is 2. The number of fused-ring (bicyclic) bond motifs is 6. The number of nitrogens with zero attached hydrogens (tertiary/aromatic N) is 3. The second-order valence-electron chi connectivity index (χ2n) is 15.3. The summed E-state index contributed by atoms with van der Waals surface area (Å²) < 4.78 is 27.2. The Morgan fingerprint density at radius 2 is 1.11 bits per heavy atom. The van der Waals surface area contributed by atoms with Crippen LogP contribution < -0.4 is 5.32 Å². The zero-order valence-corrected chi connectivity index (χ0v) is 33.0. The number of carbonyl (C=O) groups excluding carboxylic acids is 1. The highest BCUT2D eigenvalue weighted by atomic mass is 19.1. The van der Waals surface area contributed by atoms with Gasteiger partial charge >= 0.3 is 0 Å². The van der Waals surface area contributed by atoms with Gasteiger partial charge in [-0.2, -0.15) is 0 Å². The highest BCUT2D eigenvalue weighted by Gasteiger charge is 2.29. The third-order valence-electron chi connectivity index (χ3n) is 10.9. The summed E-state index contributed by atoms with van der Waals surface area (Å²) in [6.07, 6.45) is 0. The van der Waals surface area contributed by atoms with Gasteiger partial charge in [-0.05, 0) is 69.5 Å². The van der Waals surface area contributed by atoms with E-state index in [1.54, 1.807) is 36.1 Å². The van der Waals surface area contributed by atoms with E-state index in [9.17, 15) is 23.8 Å². The van der Waals surface area contributed by atoms with Gasteiger partial charge in [0, 0.05) is 77.9 Å². The first kappa shape index (κ1) is 39.6. The SMILES string of the molecule is CC(=O)N1Cc2ccccc2-c2nc(C(C)C)c(CO)c(-c3ccc(F)cc3)c2C1.CC(C)c1nc2c(c(-c3ccc(F)cc3)c1CO)CNCc1ccccc1-2. The van der Waals surface area contributed by atoms with E-state index in [1.807, 2.05) is 50.2 Å². The maximum absolute atomic E-state index is 13.6. The Hall–Kier alpha value is -5.61. The van der Waals surface area contributed by atoms with Crippen LogP contribution in [0.25, 0.3) is 44.8 Å². The summed E-state index contributed by atoms with van der Waals surface area (Å²) in [7, 11) is 0. The van der Waals surface area contributed by atoms with Crippen LogP contribution in [0.5, 0.6) is 0 Å². The molecule has 3 N–H and O–H groups in total. The largest absolute Gasteiger partial charge is 0.392 e. The van der Waals surface area contributed by atoms with Gasteiger partial charge in [-0.1, -0.05) is 100 Å². The summed E-state index contributed by atoms with van der Waals surface area (Å²) >= 11 is 0. The number of pyridine rings is 2. The van der Waals surface area contributed by atoms with E-state index in [1.165, 1.54) is 29.8 Å². The molecule has 0 saturated heterocycles. The molecule has 0 fully saturated rings. The van der Waals surface area contributed by atoms with Crippen molar-refractivity contribution in [3.8, 4) is 44.8 Å². The van der Waals surface area contributed by atoms with Crippen LogP contribution in [0.1, 0.15) is 91.2 Å². The van der Waals surface area contributed by atoms with Gasteiger partial charge in [0.2, 0.25) is 5.91 Å². The van der Waals surface area contributed by atoms with Gasteiger partial charge in [-0.3, -0.25) is 14.8 Å². The third-order valence-corrected chi connectivity index (χ3v) is 10.9. The number of rotatable bonds is 6. The van der Waals surface area contributed by atoms with Crippen molar-refractivity contribution < 1.29 is 23.8 Å². The molecular weight excluding hydrogens is 719 g/mol. The monoisotopic (exact) mass is 766 g/mol. The highest BCUT2D eigenvalue weighted by molar-refractivity contribution is 5.84. The fourth-order valence-electron chi connectivity index (χ4n) is 8.14. The number of hydrogen-bond donors (Lipinski definition) is 3. The minimum atomic E-state index is -0.316. The second-order valence-corrected chi connectivity index (χ2v) is 15.3. The average Bonchev–Trinajstić information content (AvgIpc) is 3.50. The molecule has 57 heavy (non-hydrogen) atoms. The van der Waals surface area contributed by atoms with Gasteiger partial charge in [-0.15, -0.1) is 0 Å². The van der Waals surface area contributed by atoms with Crippen molar-refractivity contribution in [3.63, 3.8) is 0 Å². The molecule has 2 aromatic heterocycles. The van der Waals surface area contributed by atoms with Crippen molar-refractivity contribution in [1.29, 1.82) is 0 Å². The van der Waals surface area contributed by atoms with Crippen LogP contribution in [0.3, 0.4) is 0 Å². The number of aromatic nitrogens is 2. The van der Waals surface area contributed by atoms with E-state index in [0.717, 1.165) is 90.5 Å². The molecule has 2 aliphatic rings. The Bertz CT molecular complexity index is 2430. The number of aliphatic hydroxyl groups is 2. The number of hydrogen-bond acceptors (Lipinski definition) is 6. The fraction of sp³-hybridized carbons (Fsp3) is 0.271. The lowest BCUT2D eigenvalue weighted by molar-refractivity contribution is -0.130. The number of amides is 1. The molecule has 7 nitrogen and oxygen atoms in total. The van der Waals surface area contributed by atoms with Crippen LogP contribution in [0, 0.1) is 11.6 Å². The van der Waals surface area contributed by atoms with Crippen LogP contribution in [-0.2, 0) is 44.2 Å². The summed E-state index contributed by atoms with van der Waals surface area (Å²) in [5.74, 6) is -0.349. The van der Waals surface area contributed by atoms with Gasteiger partial charge in [0.1, 0.15) is 11.6 Å². The van der Waals surface area contributed by atoms with E-state index >= 15 is 0 Å². The normalized spacial score (nSPS) is 13.1. The number of aliphatic hydroxyl groups excluding tert-OH is 2. The molecule has 292 valence electrons. The molecule has 0 saturated carbocycles. The Morgan fingerprint density at radius 1 is 0.649 bits per heavy atom. The summed E-state index contributed by atoms with van der Waals surface area (Å²) in [6.45, 7) is 11.8. The Kier molecular flexibility index (Phi) is 11.7. The van der Waals surface area contributed by atoms with Crippen molar-refractivity contribution in [2.45, 2.75) is 85.8 Å². The summed E-state index contributed by atoms with van der Waals surface area (Å²) in [4.78, 5) is 24.2. The molecule has 9 heteroatoms. The first-order valence-corrected chi connectivity index (χ1v) is 19.5. The van der Waals surface area contributed by atoms with E-state index in [-0.39, 0.29) is 42.6 Å². The second kappa shape index (κ2) is 16.9. The zero-order valence-electron chi connectivity index (χ0n) is 33.0. The van der Waals surface area contributed by atoms with Crippen LogP contribution >= 0.6 is 0 Å². The molecule has 0 atom stereocenters. The number of nitrogens with one attached hydrogen (secondary N) is 1. The molecule has 1 amide bonds. The topological polar surface area (TPSA) is 98.6 Å². The Morgan fingerprint density at radius 3 is 1.60 bits per heavy atom. The van der Waals surface area contributed by atoms with Crippen LogP contribution in [-0.4, -0.2) is 31.0 Å². The van der Waals surface area contributed by atoms with Gasteiger partial charge in [-0.25, -0.2) is 8.78 Å². The smallest absolute Gasteiger partial charge is 0.220 e. The van der Waals surface area contributed by atoms with Crippen molar-refractivity contribution in [2.75, 3.05) is 0 Å². The molecule has 6 aromatic rings. The van der Waals surface area contributed by atoms with Crippen molar-refractivity contribution in [3.05, 3.63) is 153 Å². The summed E-state index contributed by atoms with van der Waals surface area (Å²) in [5, 5.41) is 24.0. The molecule has 0 spiro atoms. The molecule has 2 aliphatic heterocycles. The predicted octanol–water partition coefficient (Wildman–Crippen LogP) is 9.81. The maximum Gasteiger partial charge on any atom is 0.220 e. The molecule has 8 rings (SSSR count). The maximum atomic E-state index is 13.6. The quantitative estimate of drug-likeness (QED) is 0.156. The molecule has 4 heterocycles. The minimum Gasteiger partial charge on any atom is -0.392 e. The van der Waals surface area contributed by atoms with Gasteiger partial charge in [0.25, 0.3) is 0 Å². The minimum absolute atomic E-state index is 0.0267. The lowest BCUT2D eigenvalue weighted by Crippen LogP contribution is -2.27. The van der Waals surface area contributed by atoms with Crippen LogP contribution in [0.2, 0.25) is 0 Å². The molecule has 0 bridgehead atoms. The van der Waals surface area contributed by atoms with Crippen molar-refractivity contribution >= 4 is 5.91 Å². The van der Waals surface area contributed by atoms with Crippen LogP contribution in [0.15, 0.2) is 97.1 Å². The zero-order chi connectivity index (χ0) is 40.4. The lowest BCUT2D eigenvalue weighted by atomic mass is 9.88. The standard InChI is InChI=1S/C25H25FN2O2.C23H23FN2O/c1-15(2)24-22(14-29)23(17-8-10-19(26)11-9-17)21-13-28(16(3)30)12-18-6-4-5-7-20(18)25(21)27-24;1-14(2)22-20(13-27)21(15-7-9-17(24)10-8-15)19-12-25-11-16-5-3-4-6-18(16)23(19)26-22/h4-11,15,29H,12-14H2,1-3H3;3-10,14,25,27H,11-13H2,1-2H3. The van der Waals surface area contributed by atoms with E-state index < -0.39 is 0 Å². The van der Waals surface area contributed by atoms with Crippen molar-refractivity contribution in [2.24, 2.45) is 0 Å². The molecule has 0 aliphatic carbocycles. The van der Waals surface area contributed by atoms with Crippen molar-refractivity contribution in [1.82, 2.24) is 20.2 Å². The van der Waals surface area contributed by atoms with E-state index in [2.05, 4.69) is 31.3 Å². The van der Waals surface area contributed by atoms with Gasteiger partial charge in [0.15, 0.2) is 0 Å². The first-order chi connectivity index (χ1) is 27.5. The lowest BCUT2D eigenvalue weighted by Gasteiger charge is -2.24. The van der Waals surface area contributed by atoms with Crippen LogP contribution in [0.4, 0.5) is 8.78 Å². The average molecular weight is 767 g/mol. The van der Waals surface area contributed by atoms with Gasteiger partial charge in [0.05, 0.1) is 24.6 Å². The molecule has 0 radical (unpaired) electrons. The Balaban J connectivity index is 0.000000175. The molecule has 0 unspecified atom stereocenters. The number of carbonyl (C=O) groups is 1. The Labute approximate surface area is 333 Å². The number of benzene rings is 4. The van der Waals surface area contributed by atoms with Gasteiger partial charge < -0.3 is 20.4 Å². The van der Waals surface area contributed by atoms with E-state index in [0.29, 0.717) is 19.6 Å². The molecule has 4 aromatic carbocycles.